The summed E-state index contributed by atoms with van der Waals surface area (Å²) in [5.74, 6) is 0.291. The summed E-state index contributed by atoms with van der Waals surface area (Å²) in [5.41, 5.74) is 7.37. The Kier molecular flexibility index (Phi) is 8.42. The smallest absolute Gasteiger partial charge is 0.270 e. The van der Waals surface area contributed by atoms with Gasteiger partial charge in [-0.1, -0.05) is 0 Å². The van der Waals surface area contributed by atoms with Gasteiger partial charge in [0.15, 0.2) is 0 Å². The molecule has 0 aliphatic heterocycles. The third kappa shape index (κ3) is 4.91. The highest BCUT2D eigenvalue weighted by Gasteiger charge is 2.12. The number of nitrogens with zero attached hydrogens (tertiary/aromatic N) is 3. The topological polar surface area (TPSA) is 85.8 Å². The van der Waals surface area contributed by atoms with E-state index in [4.69, 9.17) is 5.73 Å². The number of carbonyl (C=O) groups excluding carboxylic acids is 1. The molecule has 1 aromatic carbocycles. The largest absolute Gasteiger partial charge is 0.350 e. The fourth-order valence-electron chi connectivity index (χ4n) is 2.47. The van der Waals surface area contributed by atoms with Crippen molar-refractivity contribution in [2.24, 2.45) is 12.8 Å². The first-order valence-corrected chi connectivity index (χ1v) is 8.50. The average molecular weight is 420 g/mol. The first-order chi connectivity index (χ1) is 11.6. The van der Waals surface area contributed by atoms with E-state index in [1.165, 1.54) is 23.5 Å². The van der Waals surface area contributed by atoms with E-state index in [0.717, 1.165) is 21.9 Å². The number of hydrogen-bond donors (Lipinski definition) is 2. The van der Waals surface area contributed by atoms with E-state index in [2.05, 4.69) is 15.3 Å². The summed E-state index contributed by atoms with van der Waals surface area (Å²) in [5, 5.41) is 5.43. The van der Waals surface area contributed by atoms with Crippen molar-refractivity contribution in [3.8, 4) is 0 Å². The lowest BCUT2D eigenvalue weighted by Crippen LogP contribution is -2.26. The quantitative estimate of drug-likeness (QED) is 0.642. The Balaban J connectivity index is 0.00000169. The molecule has 3 N–H and O–H groups in total. The number of imidazole rings is 1. The van der Waals surface area contributed by atoms with Crippen molar-refractivity contribution in [2.75, 3.05) is 13.1 Å². The summed E-state index contributed by atoms with van der Waals surface area (Å²) in [7, 11) is 1.84. The normalized spacial score (nSPS) is 10.3. The lowest BCUT2D eigenvalue weighted by Gasteiger charge is -2.04. The second-order valence-corrected chi connectivity index (χ2v) is 6.33. The van der Waals surface area contributed by atoms with Crippen LogP contribution < -0.4 is 11.1 Å². The molecule has 142 valence electrons. The number of amides is 1. The second-order valence-electron chi connectivity index (χ2n) is 5.39. The van der Waals surface area contributed by atoms with Gasteiger partial charge in [-0.25, -0.2) is 14.4 Å². The summed E-state index contributed by atoms with van der Waals surface area (Å²) in [6, 6.07) is 4.50. The van der Waals surface area contributed by atoms with Crippen molar-refractivity contribution in [1.82, 2.24) is 19.9 Å². The molecule has 2 aromatic heterocycles. The van der Waals surface area contributed by atoms with E-state index >= 15 is 0 Å². The highest BCUT2D eigenvalue weighted by molar-refractivity contribution is 7.09. The lowest BCUT2D eigenvalue weighted by atomic mass is 10.3. The molecule has 1 amide bonds. The van der Waals surface area contributed by atoms with E-state index in [1.807, 2.05) is 11.6 Å². The SMILES string of the molecule is Cl.Cl.Cn1c(CCNC(=O)c2csc(CCN)n2)nc2ccc(F)cc21. The number of nitrogens with two attached hydrogens (primary N) is 1. The number of benzene rings is 1. The number of fused-ring (bicyclic) bond motifs is 1. The van der Waals surface area contributed by atoms with Crippen LogP contribution in [0.2, 0.25) is 0 Å². The maximum Gasteiger partial charge on any atom is 0.270 e. The molecule has 0 spiro atoms. The van der Waals surface area contributed by atoms with Crippen molar-refractivity contribution in [3.05, 3.63) is 45.9 Å². The third-order valence-corrected chi connectivity index (χ3v) is 4.62. The van der Waals surface area contributed by atoms with Crippen LogP contribution in [-0.4, -0.2) is 33.5 Å². The van der Waals surface area contributed by atoms with Crippen molar-refractivity contribution in [3.63, 3.8) is 0 Å². The predicted octanol–water partition coefficient (Wildman–Crippen LogP) is 2.49. The Morgan fingerprint density at radius 3 is 2.81 bits per heavy atom. The zero-order chi connectivity index (χ0) is 17.1. The molecule has 0 radical (unpaired) electrons. The van der Waals surface area contributed by atoms with Crippen LogP contribution in [0.4, 0.5) is 4.39 Å². The molecule has 0 bridgehead atoms. The number of thiazole rings is 1. The van der Waals surface area contributed by atoms with Gasteiger partial charge in [0, 0.05) is 31.8 Å². The Morgan fingerprint density at radius 2 is 2.08 bits per heavy atom. The molecule has 3 rings (SSSR count). The van der Waals surface area contributed by atoms with E-state index in [9.17, 15) is 9.18 Å². The minimum Gasteiger partial charge on any atom is -0.350 e. The van der Waals surface area contributed by atoms with Crippen molar-refractivity contribution < 1.29 is 9.18 Å². The van der Waals surface area contributed by atoms with Gasteiger partial charge in [0.1, 0.15) is 17.3 Å². The fourth-order valence-corrected chi connectivity index (χ4v) is 3.26. The predicted molar refractivity (Wildman–Crippen MR) is 106 cm³/mol. The number of nitrogens with one attached hydrogen (secondary N) is 1. The van der Waals surface area contributed by atoms with E-state index in [0.29, 0.717) is 31.6 Å². The van der Waals surface area contributed by atoms with E-state index in [1.54, 1.807) is 11.4 Å². The molecule has 0 atom stereocenters. The van der Waals surface area contributed by atoms with Gasteiger partial charge < -0.3 is 15.6 Å². The van der Waals surface area contributed by atoms with Gasteiger partial charge in [0.25, 0.3) is 5.91 Å². The maximum absolute atomic E-state index is 13.3. The lowest BCUT2D eigenvalue weighted by molar-refractivity contribution is 0.0949. The van der Waals surface area contributed by atoms with E-state index in [-0.39, 0.29) is 36.5 Å². The Hall–Kier alpha value is -1.74. The average Bonchev–Trinajstić information content (AvgIpc) is 3.14. The van der Waals surface area contributed by atoms with Crippen LogP contribution in [0.3, 0.4) is 0 Å². The van der Waals surface area contributed by atoms with Crippen LogP contribution >= 0.6 is 36.2 Å². The number of hydrogen-bond acceptors (Lipinski definition) is 5. The van der Waals surface area contributed by atoms with Gasteiger partial charge in [0.05, 0.1) is 16.0 Å². The van der Waals surface area contributed by atoms with Crippen LogP contribution in [0.25, 0.3) is 11.0 Å². The molecule has 0 fully saturated rings. The van der Waals surface area contributed by atoms with Gasteiger partial charge in [-0.3, -0.25) is 4.79 Å². The number of aryl methyl sites for hydroxylation is 1. The van der Waals surface area contributed by atoms with Crippen LogP contribution in [-0.2, 0) is 19.9 Å². The Bertz CT molecular complexity index is 883. The van der Waals surface area contributed by atoms with Crippen molar-refractivity contribution >= 4 is 53.1 Å². The first kappa shape index (κ1) is 22.3. The zero-order valence-electron chi connectivity index (χ0n) is 14.1. The minimum atomic E-state index is -0.290. The fraction of sp³-hybridized carbons (Fsp3) is 0.312. The summed E-state index contributed by atoms with van der Waals surface area (Å²) in [6.45, 7) is 0.949. The van der Waals surface area contributed by atoms with Gasteiger partial charge >= 0.3 is 0 Å². The monoisotopic (exact) mass is 419 g/mol. The summed E-state index contributed by atoms with van der Waals surface area (Å²) >= 11 is 1.44. The summed E-state index contributed by atoms with van der Waals surface area (Å²) in [6.07, 6.45) is 1.23. The number of halogens is 3. The van der Waals surface area contributed by atoms with Crippen LogP contribution in [0.15, 0.2) is 23.6 Å². The number of carbonyl (C=O) groups is 1. The third-order valence-electron chi connectivity index (χ3n) is 3.71. The second kappa shape index (κ2) is 9.82. The molecule has 0 aliphatic carbocycles. The number of aromatic nitrogens is 3. The molecule has 3 aromatic rings. The molecule has 0 aliphatic rings. The standard InChI is InChI=1S/C16H18FN5OS.2ClH/c1-22-13-8-10(17)2-3-11(13)20-14(22)5-7-19-16(23)12-9-24-15(21-12)4-6-18;;/h2-3,8-9H,4-7,18H2,1H3,(H,19,23);2*1H. The molecule has 26 heavy (non-hydrogen) atoms. The van der Waals surface area contributed by atoms with Crippen molar-refractivity contribution in [2.45, 2.75) is 12.8 Å². The minimum absolute atomic E-state index is 0. The summed E-state index contributed by atoms with van der Waals surface area (Å²) in [4.78, 5) is 20.8. The highest BCUT2D eigenvalue weighted by atomic mass is 35.5. The van der Waals surface area contributed by atoms with Gasteiger partial charge in [0.2, 0.25) is 0 Å². The molecule has 0 unspecified atom stereocenters. The Labute approximate surface area is 166 Å². The molecule has 6 nitrogen and oxygen atoms in total. The number of rotatable bonds is 6. The Morgan fingerprint density at radius 1 is 1.31 bits per heavy atom. The molecule has 10 heteroatoms. The molecule has 0 saturated carbocycles. The molecular formula is C16H20Cl2FN5OS. The first-order valence-electron chi connectivity index (χ1n) is 7.62. The van der Waals surface area contributed by atoms with Crippen LogP contribution in [0, 0.1) is 5.82 Å². The van der Waals surface area contributed by atoms with Crippen LogP contribution in [0.5, 0.6) is 0 Å². The molecule has 2 heterocycles. The van der Waals surface area contributed by atoms with E-state index < -0.39 is 0 Å². The van der Waals surface area contributed by atoms with Crippen molar-refractivity contribution in [1.29, 1.82) is 0 Å². The van der Waals surface area contributed by atoms with Gasteiger partial charge in [-0.05, 0) is 24.7 Å². The molecule has 0 saturated heterocycles. The van der Waals surface area contributed by atoms with Gasteiger partial charge in [-0.15, -0.1) is 36.2 Å². The van der Waals surface area contributed by atoms with Gasteiger partial charge in [-0.2, -0.15) is 0 Å². The summed E-state index contributed by atoms with van der Waals surface area (Å²) < 4.78 is 15.2. The maximum atomic E-state index is 13.3. The molecular weight excluding hydrogens is 400 g/mol. The highest BCUT2D eigenvalue weighted by Crippen LogP contribution is 2.16. The van der Waals surface area contributed by atoms with Crippen LogP contribution in [0.1, 0.15) is 21.3 Å². The zero-order valence-corrected chi connectivity index (χ0v) is 16.5.